The fourth-order valence-corrected chi connectivity index (χ4v) is 2.74. The van der Waals surface area contributed by atoms with Crippen LogP contribution < -0.4 is 25.5 Å². The molecule has 3 amide bonds. The van der Waals surface area contributed by atoms with Crippen molar-refractivity contribution in [3.63, 3.8) is 0 Å². The van der Waals surface area contributed by atoms with Crippen molar-refractivity contribution in [2.75, 3.05) is 25.1 Å². The lowest BCUT2D eigenvalue weighted by Crippen LogP contribution is -2.38. The van der Waals surface area contributed by atoms with E-state index in [9.17, 15) is 14.4 Å². The van der Waals surface area contributed by atoms with Crippen molar-refractivity contribution in [1.29, 1.82) is 0 Å². The van der Waals surface area contributed by atoms with Gasteiger partial charge in [0.1, 0.15) is 0 Å². The maximum atomic E-state index is 12.3. The molecule has 9 nitrogen and oxygen atoms in total. The van der Waals surface area contributed by atoms with Gasteiger partial charge in [-0.1, -0.05) is 19.1 Å². The lowest BCUT2D eigenvalue weighted by molar-refractivity contribution is -0.139. The molecule has 0 radical (unpaired) electrons. The van der Waals surface area contributed by atoms with Crippen LogP contribution in [0.5, 0.6) is 11.5 Å². The molecule has 0 heterocycles. The highest BCUT2D eigenvalue weighted by Crippen LogP contribution is 2.28. The predicted octanol–water partition coefficient (Wildman–Crippen LogP) is 2.70. The second-order valence-corrected chi connectivity index (χ2v) is 7.18. The number of nitrogens with zero attached hydrogens (tertiary/aromatic N) is 1. The molecule has 0 aliphatic carbocycles. The standard InChI is InChI=1S/C24H30N4O5/c1-5-12-25-23(30)24(31)28-26-14-18-10-11-20(21(13-18)32-6-2)33-15-22(29)27-19-9-7-8-16(3)17(19)4/h7-11,13-14H,5-6,12,15H2,1-4H3,(H,25,30)(H,27,29)(H,28,31)/b26-14-. The van der Waals surface area contributed by atoms with Crippen molar-refractivity contribution in [1.82, 2.24) is 10.7 Å². The molecule has 176 valence electrons. The molecule has 2 aromatic rings. The molecule has 0 saturated heterocycles. The minimum absolute atomic E-state index is 0.191. The fourth-order valence-electron chi connectivity index (χ4n) is 2.74. The van der Waals surface area contributed by atoms with Crippen LogP contribution in [0.4, 0.5) is 5.69 Å². The van der Waals surface area contributed by atoms with Gasteiger partial charge in [-0.3, -0.25) is 14.4 Å². The average Bonchev–Trinajstić information content (AvgIpc) is 2.80. The minimum atomic E-state index is -0.848. The normalized spacial score (nSPS) is 10.5. The SMILES string of the molecule is CCCNC(=O)C(=O)N/N=C\c1ccc(OCC(=O)Nc2cccc(C)c2C)c(OCC)c1. The van der Waals surface area contributed by atoms with Crippen molar-refractivity contribution >= 4 is 29.6 Å². The van der Waals surface area contributed by atoms with Crippen molar-refractivity contribution in [2.45, 2.75) is 34.1 Å². The Morgan fingerprint density at radius 3 is 2.52 bits per heavy atom. The summed E-state index contributed by atoms with van der Waals surface area (Å²) >= 11 is 0. The number of amides is 3. The maximum absolute atomic E-state index is 12.3. The van der Waals surface area contributed by atoms with Crippen LogP contribution in [0.15, 0.2) is 41.5 Å². The van der Waals surface area contributed by atoms with E-state index in [1.54, 1.807) is 18.2 Å². The summed E-state index contributed by atoms with van der Waals surface area (Å²) in [6.45, 7) is 8.25. The first-order valence-corrected chi connectivity index (χ1v) is 10.7. The zero-order valence-corrected chi connectivity index (χ0v) is 19.4. The van der Waals surface area contributed by atoms with E-state index in [4.69, 9.17) is 9.47 Å². The second kappa shape index (κ2) is 12.8. The van der Waals surface area contributed by atoms with E-state index in [1.807, 2.05) is 45.9 Å². The third-order valence-electron chi connectivity index (χ3n) is 4.63. The zero-order chi connectivity index (χ0) is 24.2. The Hall–Kier alpha value is -3.88. The molecule has 0 bridgehead atoms. The van der Waals surface area contributed by atoms with E-state index in [1.165, 1.54) is 6.21 Å². The van der Waals surface area contributed by atoms with Gasteiger partial charge in [0, 0.05) is 12.2 Å². The summed E-state index contributed by atoms with van der Waals surface area (Å²) in [4.78, 5) is 35.5. The smallest absolute Gasteiger partial charge is 0.329 e. The Kier molecular flexibility index (Phi) is 9.88. The van der Waals surface area contributed by atoms with Crippen molar-refractivity contribution in [3.8, 4) is 11.5 Å². The molecular formula is C24H30N4O5. The van der Waals surface area contributed by atoms with Gasteiger partial charge in [0.15, 0.2) is 18.1 Å². The number of carbonyl (C=O) groups is 3. The highest BCUT2D eigenvalue weighted by Gasteiger charge is 2.12. The molecule has 0 atom stereocenters. The number of hydrazone groups is 1. The number of hydrogen-bond donors (Lipinski definition) is 3. The molecule has 0 unspecified atom stereocenters. The van der Waals surface area contributed by atoms with E-state index >= 15 is 0 Å². The van der Waals surface area contributed by atoms with Gasteiger partial charge < -0.3 is 20.1 Å². The van der Waals surface area contributed by atoms with Crippen LogP contribution >= 0.6 is 0 Å². The van der Waals surface area contributed by atoms with E-state index in [-0.39, 0.29) is 12.5 Å². The van der Waals surface area contributed by atoms with Gasteiger partial charge in [-0.15, -0.1) is 0 Å². The van der Waals surface area contributed by atoms with Crippen molar-refractivity contribution in [3.05, 3.63) is 53.1 Å². The molecule has 0 spiro atoms. The third-order valence-corrected chi connectivity index (χ3v) is 4.63. The molecule has 0 aromatic heterocycles. The second-order valence-electron chi connectivity index (χ2n) is 7.18. The summed E-state index contributed by atoms with van der Waals surface area (Å²) in [5, 5.41) is 9.10. The molecule has 0 aliphatic heterocycles. The maximum Gasteiger partial charge on any atom is 0.329 e. The fraction of sp³-hybridized carbons (Fsp3) is 0.333. The zero-order valence-electron chi connectivity index (χ0n) is 19.4. The number of benzene rings is 2. The molecule has 33 heavy (non-hydrogen) atoms. The van der Waals surface area contributed by atoms with Crippen LogP contribution in [-0.4, -0.2) is 43.7 Å². The lowest BCUT2D eigenvalue weighted by atomic mass is 10.1. The third kappa shape index (κ3) is 7.95. The molecule has 0 aliphatic rings. The van der Waals surface area contributed by atoms with Crippen molar-refractivity contribution < 1.29 is 23.9 Å². The summed E-state index contributed by atoms with van der Waals surface area (Å²) in [6.07, 6.45) is 2.11. The summed E-state index contributed by atoms with van der Waals surface area (Å²) in [5.41, 5.74) is 5.61. The first kappa shape index (κ1) is 25.4. The Labute approximate surface area is 193 Å². The van der Waals surface area contributed by atoms with Crippen LogP contribution in [0.1, 0.15) is 37.0 Å². The van der Waals surface area contributed by atoms with Crippen molar-refractivity contribution in [2.24, 2.45) is 5.10 Å². The van der Waals surface area contributed by atoms with E-state index < -0.39 is 11.8 Å². The molecule has 2 aromatic carbocycles. The number of ether oxygens (including phenoxy) is 2. The highest BCUT2D eigenvalue weighted by atomic mass is 16.5. The Morgan fingerprint density at radius 1 is 1.00 bits per heavy atom. The van der Waals surface area contributed by atoms with E-state index in [0.717, 1.165) is 23.2 Å². The quantitative estimate of drug-likeness (QED) is 0.290. The Morgan fingerprint density at radius 2 is 1.79 bits per heavy atom. The van der Waals surface area contributed by atoms with Gasteiger partial charge in [0.2, 0.25) is 0 Å². The summed E-state index contributed by atoms with van der Waals surface area (Å²) in [5.74, 6) is -1.06. The molecular weight excluding hydrogens is 424 g/mol. The number of rotatable bonds is 10. The Balaban J connectivity index is 1.98. The van der Waals surface area contributed by atoms with Crippen LogP contribution in [-0.2, 0) is 14.4 Å². The van der Waals surface area contributed by atoms with Gasteiger partial charge in [-0.25, -0.2) is 5.43 Å². The number of nitrogens with one attached hydrogen (secondary N) is 3. The van der Waals surface area contributed by atoms with Gasteiger partial charge in [0.25, 0.3) is 5.91 Å². The van der Waals surface area contributed by atoms with Crippen LogP contribution in [0.2, 0.25) is 0 Å². The molecule has 0 saturated carbocycles. The number of hydrogen-bond acceptors (Lipinski definition) is 6. The number of anilines is 1. The van der Waals surface area contributed by atoms with E-state index in [0.29, 0.717) is 30.2 Å². The first-order chi connectivity index (χ1) is 15.8. The van der Waals surface area contributed by atoms with Crippen LogP contribution in [0, 0.1) is 13.8 Å². The predicted molar refractivity (Wildman–Crippen MR) is 127 cm³/mol. The first-order valence-electron chi connectivity index (χ1n) is 10.7. The minimum Gasteiger partial charge on any atom is -0.490 e. The van der Waals surface area contributed by atoms with Gasteiger partial charge in [0.05, 0.1) is 12.8 Å². The van der Waals surface area contributed by atoms with E-state index in [2.05, 4.69) is 21.2 Å². The van der Waals surface area contributed by atoms with Gasteiger partial charge in [-0.2, -0.15) is 5.10 Å². The largest absolute Gasteiger partial charge is 0.490 e. The lowest BCUT2D eigenvalue weighted by Gasteiger charge is -2.14. The summed E-state index contributed by atoms with van der Waals surface area (Å²) in [7, 11) is 0. The molecule has 9 heteroatoms. The summed E-state index contributed by atoms with van der Waals surface area (Å²) in [6, 6.07) is 10.7. The average molecular weight is 455 g/mol. The van der Waals surface area contributed by atoms with Crippen LogP contribution in [0.25, 0.3) is 0 Å². The summed E-state index contributed by atoms with van der Waals surface area (Å²) < 4.78 is 11.3. The molecule has 2 rings (SSSR count). The Bertz CT molecular complexity index is 1020. The number of aryl methyl sites for hydroxylation is 1. The molecule has 3 N–H and O–H groups in total. The topological polar surface area (TPSA) is 118 Å². The molecule has 0 fully saturated rings. The van der Waals surface area contributed by atoms with Gasteiger partial charge in [-0.05, 0) is 68.1 Å². The monoisotopic (exact) mass is 454 g/mol. The van der Waals surface area contributed by atoms with Gasteiger partial charge >= 0.3 is 11.8 Å². The van der Waals surface area contributed by atoms with Crippen LogP contribution in [0.3, 0.4) is 0 Å². The highest BCUT2D eigenvalue weighted by molar-refractivity contribution is 6.35. The number of carbonyl (C=O) groups excluding carboxylic acids is 3.